The molecule has 0 bridgehead atoms. The molecule has 4 heterocycles. The molecule has 2 aliphatic heterocycles. The molecule has 0 spiro atoms. The van der Waals surface area contributed by atoms with Crippen LogP contribution in [0.25, 0.3) is 99.9 Å². The van der Waals surface area contributed by atoms with Crippen molar-refractivity contribution < 1.29 is 0 Å². The third-order valence-corrected chi connectivity index (χ3v) is 10.3. The zero-order valence-electron chi connectivity index (χ0n) is 28.0. The Kier molecular flexibility index (Phi) is 6.18. The second-order valence-electron chi connectivity index (χ2n) is 13.3. The molecule has 11 rings (SSSR count). The summed E-state index contributed by atoms with van der Waals surface area (Å²) in [4.78, 5) is 15.6. The first kappa shape index (κ1) is 28.7. The van der Waals surface area contributed by atoms with E-state index in [1.807, 2.05) is 12.1 Å². The molecule has 7 aromatic carbocycles. The Bertz CT molecular complexity index is 3120. The van der Waals surface area contributed by atoms with E-state index in [1.165, 1.54) is 5.39 Å². The molecule has 2 aromatic heterocycles. The van der Waals surface area contributed by atoms with Gasteiger partial charge >= 0.3 is 0 Å². The highest BCUT2D eigenvalue weighted by molar-refractivity contribution is 6.11. The Labute approximate surface area is 299 Å². The van der Waals surface area contributed by atoms with Gasteiger partial charge in [-0.1, -0.05) is 115 Å². The minimum Gasteiger partial charge on any atom is -0.294 e. The predicted octanol–water partition coefficient (Wildman–Crippen LogP) is 11.7. The van der Waals surface area contributed by atoms with E-state index in [2.05, 4.69) is 173 Å². The van der Waals surface area contributed by atoms with Crippen LogP contribution >= 0.6 is 0 Å². The number of aromatic nitrogens is 5. The van der Waals surface area contributed by atoms with Crippen molar-refractivity contribution in [3.05, 3.63) is 176 Å². The molecule has 2 aliphatic rings. The average molecular weight is 664 g/mol. The van der Waals surface area contributed by atoms with E-state index in [0.717, 1.165) is 88.6 Å². The number of hydrogen-bond acceptors (Lipinski definition) is 3. The minimum atomic E-state index is 0.659. The van der Waals surface area contributed by atoms with Crippen molar-refractivity contribution in [2.45, 2.75) is 0 Å². The van der Waals surface area contributed by atoms with E-state index in [0.29, 0.717) is 5.95 Å². The first-order valence-electron chi connectivity index (χ1n) is 17.5. The molecule has 5 nitrogen and oxygen atoms in total. The van der Waals surface area contributed by atoms with E-state index in [-0.39, 0.29) is 0 Å². The summed E-state index contributed by atoms with van der Waals surface area (Å²) in [5, 5.41) is 5.68. The number of para-hydroxylation sites is 4. The molecule has 0 saturated carbocycles. The highest BCUT2D eigenvalue weighted by Crippen LogP contribution is 2.40. The van der Waals surface area contributed by atoms with E-state index in [4.69, 9.17) is 15.0 Å². The molecule has 0 unspecified atom stereocenters. The average Bonchev–Trinajstić information content (AvgIpc) is 3.75. The standard InChI is InChI=1S/C47H29N5/c1-3-13-30(14-4-1)45-36-19-8-10-20-40(36)49-47(50-45)52-43-22-12-9-18-35(43)38-28-32(24-26-44(38)52)31-23-25-41-37(27-31)39-29-33-15-7-11-21-42(33)51(46(39)48-41)34-16-5-2-6-17-34/h1-29H. The largest absolute Gasteiger partial charge is 0.294 e. The number of pyridine rings is 1. The molecule has 0 aliphatic carbocycles. The van der Waals surface area contributed by atoms with Crippen molar-refractivity contribution in [3.8, 4) is 45.4 Å². The van der Waals surface area contributed by atoms with Crippen LogP contribution in [0.4, 0.5) is 0 Å². The van der Waals surface area contributed by atoms with Crippen LogP contribution in [0.2, 0.25) is 0 Å². The molecule has 52 heavy (non-hydrogen) atoms. The van der Waals surface area contributed by atoms with Gasteiger partial charge in [0.2, 0.25) is 5.95 Å². The second kappa shape index (κ2) is 11.2. The van der Waals surface area contributed by atoms with Crippen LogP contribution in [0.15, 0.2) is 176 Å². The molecular weight excluding hydrogens is 635 g/mol. The van der Waals surface area contributed by atoms with Crippen LogP contribution in [0.1, 0.15) is 0 Å². The Morgan fingerprint density at radius 3 is 1.85 bits per heavy atom. The smallest absolute Gasteiger partial charge is 0.235 e. The normalized spacial score (nSPS) is 11.8. The lowest BCUT2D eigenvalue weighted by Crippen LogP contribution is -2.03. The van der Waals surface area contributed by atoms with Crippen LogP contribution in [0.5, 0.6) is 0 Å². The Morgan fingerprint density at radius 2 is 1.00 bits per heavy atom. The lowest BCUT2D eigenvalue weighted by molar-refractivity contribution is 1.01. The molecule has 0 fully saturated rings. The molecular formula is C47H29N5. The zero-order chi connectivity index (χ0) is 34.2. The van der Waals surface area contributed by atoms with Gasteiger partial charge in [-0.15, -0.1) is 0 Å². The third kappa shape index (κ3) is 4.33. The molecule has 242 valence electrons. The Morgan fingerprint density at radius 1 is 0.365 bits per heavy atom. The summed E-state index contributed by atoms with van der Waals surface area (Å²) < 4.78 is 4.49. The monoisotopic (exact) mass is 663 g/mol. The number of rotatable bonds is 4. The van der Waals surface area contributed by atoms with E-state index in [1.54, 1.807) is 0 Å². The fourth-order valence-electron chi connectivity index (χ4n) is 7.91. The second-order valence-corrected chi connectivity index (χ2v) is 13.3. The van der Waals surface area contributed by atoms with Crippen molar-refractivity contribution in [1.29, 1.82) is 0 Å². The van der Waals surface area contributed by atoms with Gasteiger partial charge in [0, 0.05) is 38.4 Å². The topological polar surface area (TPSA) is 48.5 Å². The summed E-state index contributed by atoms with van der Waals surface area (Å²) in [5.41, 5.74) is 11.7. The van der Waals surface area contributed by atoms with Crippen LogP contribution in [0.3, 0.4) is 0 Å². The lowest BCUT2D eigenvalue weighted by atomic mass is 9.99. The van der Waals surface area contributed by atoms with Crippen LogP contribution in [-0.2, 0) is 0 Å². The van der Waals surface area contributed by atoms with Gasteiger partial charge in [0.1, 0.15) is 5.82 Å². The highest BCUT2D eigenvalue weighted by Gasteiger charge is 2.21. The molecule has 0 N–H and O–H groups in total. The summed E-state index contributed by atoms with van der Waals surface area (Å²) in [6, 6.07) is 61.9. The first-order valence-corrected chi connectivity index (χ1v) is 17.5. The minimum absolute atomic E-state index is 0.659. The van der Waals surface area contributed by atoms with Gasteiger partial charge in [-0.3, -0.25) is 9.13 Å². The van der Waals surface area contributed by atoms with Crippen molar-refractivity contribution in [3.63, 3.8) is 0 Å². The van der Waals surface area contributed by atoms with Gasteiger partial charge in [0.25, 0.3) is 0 Å². The molecule has 9 aromatic rings. The maximum atomic E-state index is 5.25. The highest BCUT2D eigenvalue weighted by atomic mass is 15.2. The summed E-state index contributed by atoms with van der Waals surface area (Å²) >= 11 is 0. The number of nitrogens with zero attached hydrogens (tertiary/aromatic N) is 5. The number of benzene rings is 7. The Balaban J connectivity index is 1.10. The van der Waals surface area contributed by atoms with Crippen LogP contribution < -0.4 is 0 Å². The van der Waals surface area contributed by atoms with Crippen molar-refractivity contribution in [2.75, 3.05) is 0 Å². The summed E-state index contributed by atoms with van der Waals surface area (Å²) in [6.07, 6.45) is 0. The lowest BCUT2D eigenvalue weighted by Gasteiger charge is -2.16. The molecule has 0 atom stereocenters. The summed E-state index contributed by atoms with van der Waals surface area (Å²) in [7, 11) is 0. The molecule has 5 heteroatoms. The number of hydrogen-bond donors (Lipinski definition) is 0. The fourth-order valence-corrected chi connectivity index (χ4v) is 7.91. The van der Waals surface area contributed by atoms with E-state index < -0.39 is 0 Å². The van der Waals surface area contributed by atoms with Crippen molar-refractivity contribution >= 4 is 54.5 Å². The van der Waals surface area contributed by atoms with Gasteiger partial charge in [0.05, 0.1) is 33.3 Å². The molecule has 0 amide bonds. The SMILES string of the molecule is c1ccc(-c2nc(-n3c4ccccc4c4cc(-c5ccc6nc7n(-c8ccccc8)c8ccccc8cc-7c6c5)ccc43)nc3ccccc23)cc1. The predicted molar refractivity (Wildman–Crippen MR) is 214 cm³/mol. The van der Waals surface area contributed by atoms with Gasteiger partial charge in [-0.2, -0.15) is 0 Å². The van der Waals surface area contributed by atoms with Crippen molar-refractivity contribution in [2.24, 2.45) is 0 Å². The van der Waals surface area contributed by atoms with Gasteiger partial charge < -0.3 is 0 Å². The van der Waals surface area contributed by atoms with Crippen molar-refractivity contribution in [1.82, 2.24) is 24.1 Å². The van der Waals surface area contributed by atoms with Gasteiger partial charge in [0.15, 0.2) is 0 Å². The number of fused-ring (bicyclic) bond motifs is 8. The summed E-state index contributed by atoms with van der Waals surface area (Å²) in [6.45, 7) is 0. The fraction of sp³-hybridized carbons (Fsp3) is 0. The maximum Gasteiger partial charge on any atom is 0.235 e. The van der Waals surface area contributed by atoms with Gasteiger partial charge in [-0.25, -0.2) is 15.0 Å². The molecule has 0 radical (unpaired) electrons. The van der Waals surface area contributed by atoms with E-state index >= 15 is 0 Å². The maximum absolute atomic E-state index is 5.25. The quantitative estimate of drug-likeness (QED) is 0.188. The van der Waals surface area contributed by atoms with Gasteiger partial charge in [-0.05, 0) is 77.2 Å². The summed E-state index contributed by atoms with van der Waals surface area (Å²) in [5.74, 6) is 1.62. The zero-order valence-corrected chi connectivity index (χ0v) is 28.0. The van der Waals surface area contributed by atoms with E-state index in [9.17, 15) is 0 Å². The first-order chi connectivity index (χ1) is 25.8. The van der Waals surface area contributed by atoms with Crippen LogP contribution in [0, 0.1) is 0 Å². The molecule has 0 saturated heterocycles. The third-order valence-electron chi connectivity index (χ3n) is 10.3. The Hall–Kier alpha value is -7.11. The van der Waals surface area contributed by atoms with Crippen LogP contribution in [-0.4, -0.2) is 24.1 Å².